The van der Waals surface area contributed by atoms with Gasteiger partial charge in [0.2, 0.25) is 0 Å². The highest BCUT2D eigenvalue weighted by Gasteiger charge is 2.86. The van der Waals surface area contributed by atoms with Gasteiger partial charge in [-0.25, -0.2) is 0 Å². The minimum absolute atomic E-state index is 0.00549. The molecule has 5 saturated carbocycles. The van der Waals surface area contributed by atoms with Crippen LogP contribution in [0.25, 0.3) is 0 Å². The first kappa shape index (κ1) is 29.0. The molecule has 0 aromatic heterocycles. The summed E-state index contributed by atoms with van der Waals surface area (Å²) in [6.07, 6.45) is 8.96. The maximum Gasteiger partial charge on any atom is 0.306 e. The number of rotatable bonds is 5. The van der Waals surface area contributed by atoms with Gasteiger partial charge in [-0.05, 0) is 112 Å². The van der Waals surface area contributed by atoms with Gasteiger partial charge >= 0.3 is 5.97 Å². The third-order valence-corrected chi connectivity index (χ3v) is 15.0. The Morgan fingerprint density at radius 2 is 1.66 bits per heavy atom. The van der Waals surface area contributed by atoms with Gasteiger partial charge in [0.05, 0.1) is 17.8 Å². The van der Waals surface area contributed by atoms with Gasteiger partial charge < -0.3 is 24.4 Å². The molecule has 0 amide bonds. The second-order valence-corrected chi connectivity index (χ2v) is 17.8. The molecule has 7 fully saturated rings. The molecule has 0 unspecified atom stereocenters. The van der Waals surface area contributed by atoms with Crippen LogP contribution >= 0.6 is 0 Å². The van der Waals surface area contributed by atoms with Gasteiger partial charge in [0.25, 0.3) is 0 Å². The molecule has 41 heavy (non-hydrogen) atoms. The largest absolute Gasteiger partial charge is 0.462 e. The van der Waals surface area contributed by atoms with Gasteiger partial charge in [0.1, 0.15) is 12.2 Å². The molecule has 6 nitrogen and oxygen atoms in total. The summed E-state index contributed by atoms with van der Waals surface area (Å²) in [6.45, 7) is 17.9. The average Bonchev–Trinajstić information content (AvgIpc) is 3.62. The molecule has 2 aliphatic heterocycles. The number of carbonyl (C=O) groups excluding carboxylic acids is 1. The second-order valence-electron chi connectivity index (χ2n) is 17.8. The summed E-state index contributed by atoms with van der Waals surface area (Å²) in [4.78, 5) is 12.7. The fraction of sp³-hybridized carbons (Fsp3) is 0.971. The normalized spacial score (nSPS) is 55.9. The third-order valence-electron chi connectivity index (χ3n) is 15.0. The quantitative estimate of drug-likeness (QED) is 0.299. The van der Waals surface area contributed by atoms with E-state index in [1.807, 2.05) is 0 Å². The van der Waals surface area contributed by atoms with Gasteiger partial charge in [0, 0.05) is 23.2 Å². The van der Waals surface area contributed by atoms with Crippen molar-refractivity contribution in [3.05, 3.63) is 0 Å². The number of esters is 1. The Morgan fingerprint density at radius 1 is 0.951 bits per heavy atom. The molecule has 13 atom stereocenters. The van der Waals surface area contributed by atoms with Crippen molar-refractivity contribution >= 4 is 5.97 Å². The number of carbonyl (C=O) groups is 1. The van der Waals surface area contributed by atoms with E-state index in [1.54, 1.807) is 0 Å². The monoisotopic (exact) mass is 572 g/mol. The number of epoxide rings is 1. The highest BCUT2D eigenvalue weighted by Crippen LogP contribution is 2.91. The first-order chi connectivity index (χ1) is 19.0. The molecule has 232 valence electrons. The lowest BCUT2D eigenvalue weighted by Crippen LogP contribution is -2.66. The van der Waals surface area contributed by atoms with Crippen LogP contribution in [0.15, 0.2) is 0 Å². The molecular weight excluding hydrogens is 516 g/mol. The molecule has 0 spiro atoms. The fourth-order valence-corrected chi connectivity index (χ4v) is 13.1. The molecule has 0 radical (unpaired) electrons. The van der Waals surface area contributed by atoms with E-state index >= 15 is 0 Å². The fourth-order valence-electron chi connectivity index (χ4n) is 13.1. The van der Waals surface area contributed by atoms with Crippen LogP contribution in [0, 0.1) is 56.7 Å². The molecule has 0 bridgehead atoms. The first-order valence-corrected chi connectivity index (χ1v) is 16.9. The number of aliphatic hydroxyl groups is 2. The number of ether oxygens (including phenoxy) is 3. The van der Waals surface area contributed by atoms with Gasteiger partial charge in [-0.1, -0.05) is 41.5 Å². The summed E-state index contributed by atoms with van der Waals surface area (Å²) >= 11 is 0. The Labute approximate surface area is 247 Å². The second kappa shape index (κ2) is 8.73. The molecule has 5 aliphatic carbocycles. The summed E-state index contributed by atoms with van der Waals surface area (Å²) in [5.41, 5.74) is 0.0861. The SMILES string of the molecule is CC(C)CC(=O)O[C@H]1CC[C@@]2(C)[C@H](C[C@@H](O)[C@]3(C)[C@@H]2CC[C@]24C[C@@]23CC[C@H]4[C@@H]2C[C@H]([C@@H]3OC3(C)C)O[C@H]2O)C1(C)C. The van der Waals surface area contributed by atoms with Crippen LogP contribution in [-0.4, -0.2) is 52.5 Å². The van der Waals surface area contributed by atoms with Crippen molar-refractivity contribution in [2.75, 3.05) is 0 Å². The topological polar surface area (TPSA) is 88.5 Å². The van der Waals surface area contributed by atoms with Crippen LogP contribution in [0.4, 0.5) is 0 Å². The number of hydrogen-bond donors (Lipinski definition) is 2. The molecule has 2 N–H and O–H groups in total. The van der Waals surface area contributed by atoms with Crippen molar-refractivity contribution in [3.63, 3.8) is 0 Å². The smallest absolute Gasteiger partial charge is 0.306 e. The van der Waals surface area contributed by atoms with E-state index in [1.165, 1.54) is 19.3 Å². The minimum Gasteiger partial charge on any atom is -0.462 e. The molecule has 0 aromatic rings. The van der Waals surface area contributed by atoms with E-state index in [0.29, 0.717) is 30.1 Å². The summed E-state index contributed by atoms with van der Waals surface area (Å²) in [5, 5.41) is 23.4. The van der Waals surface area contributed by atoms with Gasteiger partial charge in [-0.3, -0.25) is 4.79 Å². The standard InChI is InChI=1S/C35H56O6/c1-19(2)15-27(37)40-26-11-12-32(7)23-10-13-34-18-35(34,33(23,8)25(36)17-24(32)30(26,3)4)14-9-21(34)20-16-22(39-29(20)38)28-31(5,6)41-28/h19-26,28-29,36,38H,9-18H2,1-8H3/t20-,21-,22+,23+,24+,25+,26-,28-,29+,32+,33-,34+,35+/m0/s1. The van der Waals surface area contributed by atoms with Crippen molar-refractivity contribution in [2.24, 2.45) is 56.7 Å². The van der Waals surface area contributed by atoms with Crippen LogP contribution in [0.3, 0.4) is 0 Å². The van der Waals surface area contributed by atoms with Crippen LogP contribution in [0.1, 0.15) is 120 Å². The maximum atomic E-state index is 12.7. The van der Waals surface area contributed by atoms with E-state index < -0.39 is 6.29 Å². The Bertz CT molecular complexity index is 1100. The molecule has 2 heterocycles. The lowest BCUT2D eigenvalue weighted by Gasteiger charge is -2.68. The van der Waals surface area contributed by atoms with Crippen molar-refractivity contribution in [2.45, 2.75) is 156 Å². The Morgan fingerprint density at radius 3 is 2.32 bits per heavy atom. The van der Waals surface area contributed by atoms with Crippen LogP contribution in [0.2, 0.25) is 0 Å². The van der Waals surface area contributed by atoms with Gasteiger partial charge in [-0.2, -0.15) is 0 Å². The van der Waals surface area contributed by atoms with E-state index in [0.717, 1.165) is 38.5 Å². The maximum absolute atomic E-state index is 12.7. The predicted molar refractivity (Wildman–Crippen MR) is 156 cm³/mol. The number of aliphatic hydroxyl groups excluding tert-OH is 2. The van der Waals surface area contributed by atoms with E-state index in [4.69, 9.17) is 14.2 Å². The van der Waals surface area contributed by atoms with Crippen molar-refractivity contribution in [1.82, 2.24) is 0 Å². The summed E-state index contributed by atoms with van der Waals surface area (Å²) in [6, 6.07) is 0. The van der Waals surface area contributed by atoms with Crippen molar-refractivity contribution in [3.8, 4) is 0 Å². The van der Waals surface area contributed by atoms with Gasteiger partial charge in [-0.15, -0.1) is 0 Å². The zero-order chi connectivity index (χ0) is 29.5. The summed E-state index contributed by atoms with van der Waals surface area (Å²) in [7, 11) is 0. The molecule has 7 aliphatic rings. The first-order valence-electron chi connectivity index (χ1n) is 16.9. The van der Waals surface area contributed by atoms with Crippen LogP contribution in [-0.2, 0) is 19.0 Å². The molecule has 0 aromatic carbocycles. The van der Waals surface area contributed by atoms with Gasteiger partial charge in [0.15, 0.2) is 6.29 Å². The molecule has 2 saturated heterocycles. The minimum atomic E-state index is -0.700. The third kappa shape index (κ3) is 3.66. The number of fused-ring (bicyclic) bond motifs is 3. The zero-order valence-corrected chi connectivity index (χ0v) is 26.9. The zero-order valence-electron chi connectivity index (χ0n) is 26.9. The highest BCUT2D eigenvalue weighted by atomic mass is 16.7. The number of hydrogen-bond acceptors (Lipinski definition) is 6. The lowest BCUT2D eigenvalue weighted by molar-refractivity contribution is -0.246. The lowest BCUT2D eigenvalue weighted by atomic mass is 9.37. The van der Waals surface area contributed by atoms with Crippen LogP contribution < -0.4 is 0 Å². The highest BCUT2D eigenvalue weighted by molar-refractivity contribution is 5.69. The molecule has 7 rings (SSSR count). The van der Waals surface area contributed by atoms with Crippen molar-refractivity contribution < 1.29 is 29.2 Å². The van der Waals surface area contributed by atoms with E-state index in [-0.39, 0.29) is 69.0 Å². The Hall–Kier alpha value is -0.690. The molecule has 6 heteroatoms. The average molecular weight is 573 g/mol. The molecular formula is C35H56O6. The summed E-state index contributed by atoms with van der Waals surface area (Å²) < 4.78 is 18.2. The Kier molecular flexibility index (Phi) is 6.18. The summed E-state index contributed by atoms with van der Waals surface area (Å²) in [5.74, 6) is 1.64. The Balaban J connectivity index is 1.13. The predicted octanol–water partition coefficient (Wildman–Crippen LogP) is 6.26. The van der Waals surface area contributed by atoms with E-state index in [2.05, 4.69) is 55.4 Å². The van der Waals surface area contributed by atoms with Crippen molar-refractivity contribution in [1.29, 1.82) is 0 Å². The van der Waals surface area contributed by atoms with E-state index in [9.17, 15) is 15.0 Å². The van der Waals surface area contributed by atoms with Crippen LogP contribution in [0.5, 0.6) is 0 Å².